The van der Waals surface area contributed by atoms with Gasteiger partial charge in [-0.25, -0.2) is 0 Å². The number of nitrogens with zero attached hydrogens (tertiary/aromatic N) is 1. The van der Waals surface area contributed by atoms with Crippen molar-refractivity contribution in [3.05, 3.63) is 33.3 Å². The Kier molecular flexibility index (Phi) is 2.99. The van der Waals surface area contributed by atoms with E-state index in [1.54, 1.807) is 23.1 Å². The summed E-state index contributed by atoms with van der Waals surface area (Å²) in [5.41, 5.74) is 6.20. The Morgan fingerprint density at radius 2 is 2.19 bits per heavy atom. The van der Waals surface area contributed by atoms with Gasteiger partial charge >= 0.3 is 0 Å². The molecule has 1 heterocycles. The second kappa shape index (κ2) is 4.02. The van der Waals surface area contributed by atoms with Crippen molar-refractivity contribution in [2.75, 3.05) is 13.1 Å². The zero-order valence-corrected chi connectivity index (χ0v) is 11.2. The molecular weight excluding hydrogens is 291 g/mol. The zero-order chi connectivity index (χ0) is 11.9. The van der Waals surface area contributed by atoms with Gasteiger partial charge in [0.25, 0.3) is 5.91 Å². The van der Waals surface area contributed by atoms with Crippen molar-refractivity contribution < 1.29 is 4.79 Å². The number of carbonyl (C=O) groups excluding carboxylic acids is 1. The molecule has 1 aromatic rings. The first-order chi connectivity index (χ1) is 7.39. The SMILES string of the molecule is CC1(N)CN(C(=O)c2cc(Cl)ccc2Br)C1. The van der Waals surface area contributed by atoms with Gasteiger partial charge in [-0.3, -0.25) is 4.79 Å². The van der Waals surface area contributed by atoms with E-state index in [4.69, 9.17) is 17.3 Å². The minimum absolute atomic E-state index is 0.0303. The van der Waals surface area contributed by atoms with E-state index in [-0.39, 0.29) is 11.4 Å². The van der Waals surface area contributed by atoms with Crippen molar-refractivity contribution in [1.82, 2.24) is 4.90 Å². The molecule has 1 fully saturated rings. The normalized spacial score (nSPS) is 18.1. The quantitative estimate of drug-likeness (QED) is 0.865. The van der Waals surface area contributed by atoms with E-state index in [2.05, 4.69) is 15.9 Å². The number of rotatable bonds is 1. The largest absolute Gasteiger partial charge is 0.335 e. The predicted molar refractivity (Wildman–Crippen MR) is 67.6 cm³/mol. The molecule has 1 aliphatic rings. The lowest BCUT2D eigenvalue weighted by atomic mass is 9.93. The topological polar surface area (TPSA) is 46.3 Å². The molecule has 0 aliphatic carbocycles. The summed E-state index contributed by atoms with van der Waals surface area (Å²) in [7, 11) is 0. The summed E-state index contributed by atoms with van der Waals surface area (Å²) in [6, 6.07) is 5.18. The van der Waals surface area contributed by atoms with Crippen LogP contribution in [0.3, 0.4) is 0 Å². The third-order valence-corrected chi connectivity index (χ3v) is 3.48. The van der Waals surface area contributed by atoms with E-state index in [9.17, 15) is 4.79 Å². The van der Waals surface area contributed by atoms with E-state index in [0.29, 0.717) is 23.7 Å². The highest BCUT2D eigenvalue weighted by molar-refractivity contribution is 9.10. The van der Waals surface area contributed by atoms with Gasteiger partial charge in [-0.05, 0) is 41.1 Å². The van der Waals surface area contributed by atoms with Gasteiger partial charge in [-0.1, -0.05) is 11.6 Å². The molecule has 16 heavy (non-hydrogen) atoms. The summed E-state index contributed by atoms with van der Waals surface area (Å²) < 4.78 is 0.757. The van der Waals surface area contributed by atoms with Gasteiger partial charge in [0.1, 0.15) is 0 Å². The van der Waals surface area contributed by atoms with Crippen LogP contribution in [0.5, 0.6) is 0 Å². The van der Waals surface area contributed by atoms with E-state index in [1.165, 1.54) is 0 Å². The number of hydrogen-bond acceptors (Lipinski definition) is 2. The fraction of sp³-hybridized carbons (Fsp3) is 0.364. The molecule has 0 radical (unpaired) electrons. The van der Waals surface area contributed by atoms with Crippen LogP contribution in [-0.2, 0) is 0 Å². The molecule has 1 aliphatic heterocycles. The van der Waals surface area contributed by atoms with E-state index in [0.717, 1.165) is 4.47 Å². The van der Waals surface area contributed by atoms with Gasteiger partial charge in [0.2, 0.25) is 0 Å². The summed E-state index contributed by atoms with van der Waals surface area (Å²) in [5, 5.41) is 0.558. The van der Waals surface area contributed by atoms with Gasteiger partial charge < -0.3 is 10.6 Å². The van der Waals surface area contributed by atoms with Crippen LogP contribution < -0.4 is 5.73 Å². The summed E-state index contributed by atoms with van der Waals surface area (Å²) >= 11 is 9.21. The lowest BCUT2D eigenvalue weighted by Gasteiger charge is -2.45. The summed E-state index contributed by atoms with van der Waals surface area (Å²) in [6.07, 6.45) is 0. The van der Waals surface area contributed by atoms with Crippen LogP contribution in [0.15, 0.2) is 22.7 Å². The highest BCUT2D eigenvalue weighted by Gasteiger charge is 2.38. The minimum Gasteiger partial charge on any atom is -0.335 e. The minimum atomic E-state index is -0.249. The van der Waals surface area contributed by atoms with Gasteiger partial charge in [-0.2, -0.15) is 0 Å². The van der Waals surface area contributed by atoms with Crippen molar-refractivity contribution >= 4 is 33.4 Å². The standard InChI is InChI=1S/C11H12BrClN2O/c1-11(14)5-15(6-11)10(16)8-4-7(13)2-3-9(8)12/h2-4H,5-6,14H2,1H3. The number of amides is 1. The Bertz CT molecular complexity index is 440. The second-order valence-electron chi connectivity index (χ2n) is 4.44. The maximum absolute atomic E-state index is 12.1. The summed E-state index contributed by atoms with van der Waals surface area (Å²) in [4.78, 5) is 13.8. The third-order valence-electron chi connectivity index (χ3n) is 2.55. The molecule has 1 amide bonds. The molecule has 3 nitrogen and oxygen atoms in total. The Labute approximate surface area is 108 Å². The van der Waals surface area contributed by atoms with Gasteiger partial charge in [0.05, 0.1) is 5.56 Å². The van der Waals surface area contributed by atoms with Crippen LogP contribution in [0.2, 0.25) is 5.02 Å². The van der Waals surface area contributed by atoms with E-state index < -0.39 is 0 Å². The average Bonchev–Trinajstić information content (AvgIpc) is 2.17. The van der Waals surface area contributed by atoms with Crippen molar-refractivity contribution in [2.24, 2.45) is 5.73 Å². The average molecular weight is 304 g/mol. The highest BCUT2D eigenvalue weighted by atomic mass is 79.9. The monoisotopic (exact) mass is 302 g/mol. The smallest absolute Gasteiger partial charge is 0.255 e. The molecule has 1 aromatic carbocycles. The van der Waals surface area contributed by atoms with Gasteiger partial charge in [0.15, 0.2) is 0 Å². The van der Waals surface area contributed by atoms with Crippen molar-refractivity contribution in [3.8, 4) is 0 Å². The maximum atomic E-state index is 12.1. The molecule has 2 N–H and O–H groups in total. The number of hydrogen-bond donors (Lipinski definition) is 1. The van der Waals surface area contributed by atoms with Crippen LogP contribution in [0.1, 0.15) is 17.3 Å². The number of halogens is 2. The van der Waals surface area contributed by atoms with Crippen LogP contribution >= 0.6 is 27.5 Å². The van der Waals surface area contributed by atoms with Gasteiger partial charge in [0, 0.05) is 28.1 Å². The molecule has 2 rings (SSSR count). The van der Waals surface area contributed by atoms with Crippen LogP contribution in [0, 0.1) is 0 Å². The van der Waals surface area contributed by atoms with E-state index >= 15 is 0 Å². The Morgan fingerprint density at radius 3 is 2.75 bits per heavy atom. The number of nitrogens with two attached hydrogens (primary N) is 1. The lowest BCUT2D eigenvalue weighted by Crippen LogP contribution is -2.66. The molecule has 0 unspecified atom stereocenters. The molecule has 0 bridgehead atoms. The Hall–Kier alpha value is -0.580. The predicted octanol–water partition coefficient (Wildman–Crippen LogP) is 2.28. The van der Waals surface area contributed by atoms with Crippen molar-refractivity contribution in [2.45, 2.75) is 12.5 Å². The Morgan fingerprint density at radius 1 is 1.56 bits per heavy atom. The van der Waals surface area contributed by atoms with Crippen molar-refractivity contribution in [3.63, 3.8) is 0 Å². The van der Waals surface area contributed by atoms with Crippen LogP contribution in [0.4, 0.5) is 0 Å². The van der Waals surface area contributed by atoms with Gasteiger partial charge in [-0.15, -0.1) is 0 Å². The second-order valence-corrected chi connectivity index (χ2v) is 5.73. The molecule has 86 valence electrons. The fourth-order valence-corrected chi connectivity index (χ4v) is 2.39. The number of likely N-dealkylation sites (tertiary alicyclic amines) is 1. The number of benzene rings is 1. The summed E-state index contributed by atoms with van der Waals surface area (Å²) in [6.45, 7) is 3.11. The fourth-order valence-electron chi connectivity index (χ4n) is 1.80. The first kappa shape index (κ1) is 11.9. The van der Waals surface area contributed by atoms with E-state index in [1.807, 2.05) is 6.92 Å². The highest BCUT2D eigenvalue weighted by Crippen LogP contribution is 2.26. The zero-order valence-electron chi connectivity index (χ0n) is 8.84. The first-order valence-electron chi connectivity index (χ1n) is 4.92. The van der Waals surface area contributed by atoms with Crippen LogP contribution in [0.25, 0.3) is 0 Å². The molecule has 0 atom stereocenters. The molecule has 1 saturated heterocycles. The third kappa shape index (κ3) is 2.24. The Balaban J connectivity index is 2.19. The first-order valence-corrected chi connectivity index (χ1v) is 6.09. The molecule has 0 spiro atoms. The maximum Gasteiger partial charge on any atom is 0.255 e. The van der Waals surface area contributed by atoms with Crippen LogP contribution in [-0.4, -0.2) is 29.4 Å². The molecule has 0 saturated carbocycles. The summed E-state index contributed by atoms with van der Waals surface area (Å²) in [5.74, 6) is -0.0303. The molecule has 0 aromatic heterocycles. The molecular formula is C11H12BrClN2O. The lowest BCUT2D eigenvalue weighted by molar-refractivity contribution is 0.0453. The van der Waals surface area contributed by atoms with Crippen molar-refractivity contribution in [1.29, 1.82) is 0 Å². The number of carbonyl (C=O) groups is 1. The molecule has 5 heteroatoms.